The van der Waals surface area contributed by atoms with Crippen LogP contribution in [0.15, 0.2) is 0 Å². The molecule has 0 aromatic carbocycles. The number of rotatable bonds is 0. The molecular formula is C5H11NO2S. The third kappa shape index (κ3) is 1.95. The number of hydrogen-bond acceptors (Lipinski definition) is 3. The van der Waals surface area contributed by atoms with Crippen LogP contribution in [0.3, 0.4) is 0 Å². The molecule has 1 heterocycles. The zero-order valence-electron chi connectivity index (χ0n) is 5.42. The molecule has 0 aliphatic carbocycles. The highest BCUT2D eigenvalue weighted by Crippen LogP contribution is 1.99. The van der Waals surface area contributed by atoms with Gasteiger partial charge < -0.3 is 5.32 Å². The van der Waals surface area contributed by atoms with Gasteiger partial charge in [0.25, 0.3) is 0 Å². The Kier molecular flexibility index (Phi) is 1.77. The number of hydrogen-bond donors (Lipinski definition) is 1. The van der Waals surface area contributed by atoms with Crippen molar-refractivity contribution in [2.75, 3.05) is 18.1 Å². The van der Waals surface area contributed by atoms with E-state index in [1.54, 1.807) is 0 Å². The lowest BCUT2D eigenvalue weighted by Gasteiger charge is -2.19. The minimum Gasteiger partial charge on any atom is -0.312 e. The van der Waals surface area contributed by atoms with Crippen molar-refractivity contribution in [1.82, 2.24) is 5.32 Å². The molecule has 0 saturated carbocycles. The van der Waals surface area contributed by atoms with Gasteiger partial charge in [-0.25, -0.2) is 8.42 Å². The Morgan fingerprint density at radius 2 is 2.22 bits per heavy atom. The van der Waals surface area contributed by atoms with Gasteiger partial charge in [0.2, 0.25) is 0 Å². The quantitative estimate of drug-likeness (QED) is 0.500. The molecule has 0 unspecified atom stereocenters. The number of nitrogens with one attached hydrogen (secondary N) is 1. The van der Waals surface area contributed by atoms with Gasteiger partial charge in [-0.05, 0) is 6.92 Å². The molecule has 54 valence electrons. The van der Waals surface area contributed by atoms with Crippen molar-refractivity contribution >= 4 is 9.84 Å². The molecule has 1 atom stereocenters. The van der Waals surface area contributed by atoms with E-state index < -0.39 is 9.84 Å². The summed E-state index contributed by atoms with van der Waals surface area (Å²) in [6.45, 7) is 2.50. The van der Waals surface area contributed by atoms with Crippen LogP contribution < -0.4 is 5.32 Å². The summed E-state index contributed by atoms with van der Waals surface area (Å²) in [6, 6.07) is 0.142. The molecule has 1 aliphatic heterocycles. The first-order chi connectivity index (χ1) is 4.10. The van der Waals surface area contributed by atoms with E-state index in [0.29, 0.717) is 18.1 Å². The average Bonchev–Trinajstić information content (AvgIpc) is 1.60. The molecule has 9 heavy (non-hydrogen) atoms. The standard InChI is InChI=1S/C5H11NO2S/c1-5-4-9(7,8)3-2-6-5/h5-6H,2-4H2,1H3/t5-/m0/s1. The highest BCUT2D eigenvalue weighted by molar-refractivity contribution is 7.91. The van der Waals surface area contributed by atoms with E-state index in [2.05, 4.69) is 5.32 Å². The minimum atomic E-state index is -2.69. The molecule has 1 aliphatic rings. The van der Waals surface area contributed by atoms with Crippen LogP contribution >= 0.6 is 0 Å². The van der Waals surface area contributed by atoms with E-state index in [1.807, 2.05) is 6.92 Å². The fourth-order valence-electron chi connectivity index (χ4n) is 0.984. The second-order valence-corrected chi connectivity index (χ2v) is 4.70. The maximum atomic E-state index is 10.8. The molecule has 0 aromatic heterocycles. The maximum Gasteiger partial charge on any atom is 0.153 e. The highest BCUT2D eigenvalue weighted by Gasteiger charge is 2.19. The van der Waals surface area contributed by atoms with Crippen molar-refractivity contribution in [2.45, 2.75) is 13.0 Å². The van der Waals surface area contributed by atoms with Crippen LogP contribution in [0.1, 0.15) is 6.92 Å². The Morgan fingerprint density at radius 3 is 2.56 bits per heavy atom. The monoisotopic (exact) mass is 149 g/mol. The molecule has 0 aromatic rings. The fourth-order valence-corrected chi connectivity index (χ4v) is 2.46. The molecule has 1 saturated heterocycles. The highest BCUT2D eigenvalue weighted by atomic mass is 32.2. The molecule has 0 amide bonds. The van der Waals surface area contributed by atoms with Gasteiger partial charge in [0, 0.05) is 12.6 Å². The maximum absolute atomic E-state index is 10.8. The van der Waals surface area contributed by atoms with Gasteiger partial charge in [-0.15, -0.1) is 0 Å². The average molecular weight is 149 g/mol. The van der Waals surface area contributed by atoms with Crippen LogP contribution in [-0.2, 0) is 9.84 Å². The molecular weight excluding hydrogens is 138 g/mol. The summed E-state index contributed by atoms with van der Waals surface area (Å²) in [4.78, 5) is 0. The first kappa shape index (κ1) is 7.02. The van der Waals surface area contributed by atoms with Crippen molar-refractivity contribution in [3.05, 3.63) is 0 Å². The van der Waals surface area contributed by atoms with Crippen molar-refractivity contribution in [3.8, 4) is 0 Å². The Labute approximate surface area is 55.4 Å². The summed E-state index contributed by atoms with van der Waals surface area (Å²) in [6.07, 6.45) is 0. The van der Waals surface area contributed by atoms with E-state index >= 15 is 0 Å². The second-order valence-electron chi connectivity index (χ2n) is 2.47. The van der Waals surface area contributed by atoms with Crippen LogP contribution in [0.5, 0.6) is 0 Å². The summed E-state index contributed by atoms with van der Waals surface area (Å²) >= 11 is 0. The summed E-state index contributed by atoms with van der Waals surface area (Å²) in [5.74, 6) is 0.602. The second kappa shape index (κ2) is 2.27. The van der Waals surface area contributed by atoms with Gasteiger partial charge in [0.05, 0.1) is 11.5 Å². The smallest absolute Gasteiger partial charge is 0.153 e. The van der Waals surface area contributed by atoms with Crippen LogP contribution in [0, 0.1) is 0 Å². The lowest BCUT2D eigenvalue weighted by molar-refractivity contribution is 0.539. The van der Waals surface area contributed by atoms with Crippen molar-refractivity contribution in [2.24, 2.45) is 0 Å². The zero-order valence-corrected chi connectivity index (χ0v) is 6.24. The van der Waals surface area contributed by atoms with Crippen molar-refractivity contribution in [1.29, 1.82) is 0 Å². The third-order valence-electron chi connectivity index (χ3n) is 1.41. The molecule has 0 spiro atoms. The van der Waals surface area contributed by atoms with Crippen LogP contribution in [0.2, 0.25) is 0 Å². The first-order valence-electron chi connectivity index (χ1n) is 3.04. The normalized spacial score (nSPS) is 34.1. The van der Waals surface area contributed by atoms with Crippen LogP contribution in [0.4, 0.5) is 0 Å². The molecule has 1 rings (SSSR count). The largest absolute Gasteiger partial charge is 0.312 e. The third-order valence-corrected chi connectivity index (χ3v) is 3.24. The van der Waals surface area contributed by atoms with E-state index in [-0.39, 0.29) is 6.04 Å². The lowest BCUT2D eigenvalue weighted by Crippen LogP contribution is -2.42. The predicted octanol–water partition coefficient (Wildman–Crippen LogP) is -0.607. The molecule has 0 radical (unpaired) electrons. The van der Waals surface area contributed by atoms with Gasteiger partial charge in [-0.3, -0.25) is 0 Å². The molecule has 0 bridgehead atoms. The Hall–Kier alpha value is -0.0900. The molecule has 1 N–H and O–H groups in total. The molecule has 1 fully saturated rings. The Balaban J connectivity index is 2.62. The summed E-state index contributed by atoms with van der Waals surface area (Å²) in [7, 11) is -2.69. The van der Waals surface area contributed by atoms with Gasteiger partial charge in [-0.2, -0.15) is 0 Å². The van der Waals surface area contributed by atoms with Gasteiger partial charge in [0.15, 0.2) is 9.84 Å². The number of sulfone groups is 1. The Morgan fingerprint density at radius 1 is 1.56 bits per heavy atom. The van der Waals surface area contributed by atoms with Crippen molar-refractivity contribution in [3.63, 3.8) is 0 Å². The van der Waals surface area contributed by atoms with E-state index in [9.17, 15) is 8.42 Å². The summed E-state index contributed by atoms with van der Waals surface area (Å²) < 4.78 is 21.6. The van der Waals surface area contributed by atoms with Gasteiger partial charge in [-0.1, -0.05) is 0 Å². The van der Waals surface area contributed by atoms with Crippen LogP contribution in [0.25, 0.3) is 0 Å². The van der Waals surface area contributed by atoms with Crippen LogP contribution in [-0.4, -0.2) is 32.5 Å². The van der Waals surface area contributed by atoms with E-state index in [0.717, 1.165) is 0 Å². The van der Waals surface area contributed by atoms with E-state index in [1.165, 1.54) is 0 Å². The molecule has 3 nitrogen and oxygen atoms in total. The lowest BCUT2D eigenvalue weighted by atomic mass is 10.4. The van der Waals surface area contributed by atoms with Gasteiger partial charge in [0.1, 0.15) is 0 Å². The molecule has 4 heteroatoms. The first-order valence-corrected chi connectivity index (χ1v) is 4.86. The topological polar surface area (TPSA) is 46.2 Å². The fraction of sp³-hybridized carbons (Fsp3) is 1.00. The summed E-state index contributed by atoms with van der Waals surface area (Å²) in [5, 5.41) is 3.06. The van der Waals surface area contributed by atoms with E-state index in [4.69, 9.17) is 0 Å². The van der Waals surface area contributed by atoms with Gasteiger partial charge >= 0.3 is 0 Å². The zero-order chi connectivity index (χ0) is 6.91. The predicted molar refractivity (Wildman–Crippen MR) is 36.1 cm³/mol. The van der Waals surface area contributed by atoms with Crippen molar-refractivity contribution < 1.29 is 8.42 Å². The SMILES string of the molecule is C[C@H]1CS(=O)(=O)CCN1. The minimum absolute atomic E-state index is 0.142. The summed E-state index contributed by atoms with van der Waals surface area (Å²) in [5.41, 5.74) is 0. The Bertz CT molecular complexity index is 185.